The summed E-state index contributed by atoms with van der Waals surface area (Å²) in [4.78, 5) is 62.9. The molecular formula is C36H43FN6O6. The molecule has 3 fully saturated rings. The fraction of sp³-hybridized carbons (Fsp3) is 0.556. The van der Waals surface area contributed by atoms with E-state index >= 15 is 4.39 Å². The standard InChI is InChI=1S/C36H43FN6O6/c1-20-25(37)14-13-23-18-42(32(45)29(35(3,4)5)40-34(47)48-21(2)22-10-7-6-8-11-22)28(27(20)23)31(44)43-19-36(16-24(43)17-38)33(46)41-30-26(49-36)12-9-15-39-30/h6-12,15,20-21,23-25,27-29H,13-14,16,18-19H2,1-5H3,(H,40,47)(H,39,41,46)/t20-,21+,23+,24+,25-,27+,28+,29-,36-/m1/s1. The van der Waals surface area contributed by atoms with Crippen LogP contribution in [0.15, 0.2) is 48.7 Å². The lowest BCUT2D eigenvalue weighted by molar-refractivity contribution is -0.149. The summed E-state index contributed by atoms with van der Waals surface area (Å²) in [6.07, 6.45) is -0.343. The lowest BCUT2D eigenvalue weighted by Crippen LogP contribution is -2.60. The minimum absolute atomic E-state index is 0.0942. The molecule has 12 nitrogen and oxygen atoms in total. The fourth-order valence-corrected chi connectivity index (χ4v) is 7.95. The lowest BCUT2D eigenvalue weighted by Gasteiger charge is -2.40. The highest BCUT2D eigenvalue weighted by molar-refractivity contribution is 6.01. The molecule has 4 aliphatic rings. The number of nitrogens with zero attached hydrogens (tertiary/aromatic N) is 4. The van der Waals surface area contributed by atoms with Gasteiger partial charge in [0, 0.05) is 19.2 Å². The van der Waals surface area contributed by atoms with E-state index in [4.69, 9.17) is 9.47 Å². The molecule has 2 N–H and O–H groups in total. The minimum atomic E-state index is -1.55. The first-order valence-electron chi connectivity index (χ1n) is 16.9. The second-order valence-corrected chi connectivity index (χ2v) is 14.8. The summed E-state index contributed by atoms with van der Waals surface area (Å²) in [5.41, 5.74) is -1.57. The van der Waals surface area contributed by atoms with Crippen molar-refractivity contribution in [2.24, 2.45) is 23.2 Å². The first-order valence-corrected chi connectivity index (χ1v) is 16.9. The monoisotopic (exact) mass is 674 g/mol. The van der Waals surface area contributed by atoms with Gasteiger partial charge in [-0.25, -0.2) is 14.2 Å². The first-order chi connectivity index (χ1) is 23.2. The molecule has 9 atom stereocenters. The van der Waals surface area contributed by atoms with Crippen molar-refractivity contribution < 1.29 is 33.0 Å². The van der Waals surface area contributed by atoms with Crippen LogP contribution in [0.1, 0.15) is 65.5 Å². The van der Waals surface area contributed by atoms with E-state index < -0.39 is 77.1 Å². The molecule has 6 rings (SSSR count). The van der Waals surface area contributed by atoms with Gasteiger partial charge in [0.25, 0.3) is 5.91 Å². The number of alkyl halides is 1. The third-order valence-corrected chi connectivity index (χ3v) is 10.6. The number of alkyl carbamates (subject to hydrolysis) is 1. The van der Waals surface area contributed by atoms with Crippen LogP contribution in [0.2, 0.25) is 0 Å². The highest BCUT2D eigenvalue weighted by Crippen LogP contribution is 2.47. The van der Waals surface area contributed by atoms with Crippen LogP contribution < -0.4 is 15.4 Å². The van der Waals surface area contributed by atoms with Gasteiger partial charge < -0.3 is 29.9 Å². The normalized spacial score (nSPS) is 30.3. The Bertz CT molecular complexity index is 1660. The second kappa shape index (κ2) is 12.9. The molecule has 2 saturated heterocycles. The Morgan fingerprint density at radius 2 is 1.90 bits per heavy atom. The quantitative estimate of drug-likeness (QED) is 0.474. The maximum Gasteiger partial charge on any atom is 0.408 e. The minimum Gasteiger partial charge on any atom is -0.472 e. The van der Waals surface area contributed by atoms with E-state index in [-0.39, 0.29) is 31.2 Å². The van der Waals surface area contributed by atoms with E-state index in [0.717, 1.165) is 5.56 Å². The Morgan fingerprint density at radius 3 is 2.59 bits per heavy atom. The molecule has 1 aliphatic carbocycles. The van der Waals surface area contributed by atoms with E-state index in [9.17, 15) is 24.4 Å². The van der Waals surface area contributed by atoms with Crippen molar-refractivity contribution in [1.82, 2.24) is 20.1 Å². The number of ether oxygens (including phenoxy) is 2. The second-order valence-electron chi connectivity index (χ2n) is 14.8. The predicted octanol–water partition coefficient (Wildman–Crippen LogP) is 4.39. The molecule has 4 amide bonds. The molecule has 1 saturated carbocycles. The van der Waals surface area contributed by atoms with Gasteiger partial charge in [0.05, 0.1) is 12.6 Å². The average molecular weight is 675 g/mol. The zero-order valence-electron chi connectivity index (χ0n) is 28.4. The topological polar surface area (TPSA) is 154 Å². The van der Waals surface area contributed by atoms with E-state index in [1.807, 2.05) is 30.3 Å². The van der Waals surface area contributed by atoms with Crippen LogP contribution in [0, 0.1) is 34.5 Å². The molecule has 4 heterocycles. The van der Waals surface area contributed by atoms with Crippen LogP contribution >= 0.6 is 0 Å². The van der Waals surface area contributed by atoms with Crippen molar-refractivity contribution in [2.75, 3.05) is 18.4 Å². The third kappa shape index (κ3) is 6.29. The molecule has 1 aromatic heterocycles. The summed E-state index contributed by atoms with van der Waals surface area (Å²) >= 11 is 0. The maximum atomic E-state index is 15.3. The van der Waals surface area contributed by atoms with Crippen LogP contribution in [-0.4, -0.2) is 81.6 Å². The molecule has 2 aromatic rings. The van der Waals surface area contributed by atoms with E-state index in [0.29, 0.717) is 18.6 Å². The van der Waals surface area contributed by atoms with E-state index in [1.165, 1.54) is 16.0 Å². The number of nitriles is 1. The summed E-state index contributed by atoms with van der Waals surface area (Å²) in [6, 6.07) is 11.4. The van der Waals surface area contributed by atoms with Gasteiger partial charge >= 0.3 is 6.09 Å². The van der Waals surface area contributed by atoms with E-state index in [1.54, 1.807) is 46.8 Å². The zero-order valence-corrected chi connectivity index (χ0v) is 28.4. The highest BCUT2D eigenvalue weighted by Gasteiger charge is 2.60. The molecule has 1 spiro atoms. The summed E-state index contributed by atoms with van der Waals surface area (Å²) in [6.45, 7) is 8.85. The van der Waals surface area contributed by atoms with Crippen LogP contribution in [-0.2, 0) is 19.1 Å². The number of benzene rings is 1. The summed E-state index contributed by atoms with van der Waals surface area (Å²) in [5, 5.41) is 15.7. The third-order valence-electron chi connectivity index (χ3n) is 10.6. The summed E-state index contributed by atoms with van der Waals surface area (Å²) in [7, 11) is 0. The Kier molecular flexibility index (Phi) is 9.02. The number of nitrogens with one attached hydrogen (secondary N) is 2. The maximum absolute atomic E-state index is 15.3. The number of halogens is 1. The van der Waals surface area contributed by atoms with Gasteiger partial charge in [-0.1, -0.05) is 58.0 Å². The Balaban J connectivity index is 1.29. The SMILES string of the molecule is C[C@H]1[C@H]2[C@@H](CC[C@H]1F)CN(C(=O)[C@@H](NC(=O)O[C@@H](C)c1ccccc1)C(C)(C)C)[C@@H]2C(=O)N1C[C@@]2(C[C@H]1C#N)Oc1cccnc1NC2=O. The van der Waals surface area contributed by atoms with Gasteiger partial charge in [-0.15, -0.1) is 0 Å². The van der Waals surface area contributed by atoms with Crippen LogP contribution in [0.25, 0.3) is 0 Å². The molecule has 13 heteroatoms. The smallest absolute Gasteiger partial charge is 0.408 e. The highest BCUT2D eigenvalue weighted by atomic mass is 19.1. The molecule has 0 unspecified atom stereocenters. The molecule has 0 bridgehead atoms. The molecule has 49 heavy (non-hydrogen) atoms. The van der Waals surface area contributed by atoms with Crippen molar-refractivity contribution in [2.45, 2.75) is 89.9 Å². The van der Waals surface area contributed by atoms with Crippen LogP contribution in [0.5, 0.6) is 5.75 Å². The van der Waals surface area contributed by atoms with Gasteiger partial charge in [-0.05, 0) is 60.6 Å². The van der Waals surface area contributed by atoms with Crippen molar-refractivity contribution >= 4 is 29.6 Å². The number of aromatic nitrogens is 1. The molecule has 1 aromatic carbocycles. The summed E-state index contributed by atoms with van der Waals surface area (Å²) in [5.74, 6) is -2.27. The summed E-state index contributed by atoms with van der Waals surface area (Å²) < 4.78 is 27.1. The lowest BCUT2D eigenvalue weighted by atomic mass is 9.70. The van der Waals surface area contributed by atoms with Gasteiger partial charge in [0.2, 0.25) is 17.4 Å². The number of fused-ring (bicyclic) bond motifs is 2. The van der Waals surface area contributed by atoms with Crippen molar-refractivity contribution in [3.8, 4) is 11.8 Å². The number of carbonyl (C=O) groups excluding carboxylic acids is 4. The van der Waals surface area contributed by atoms with Crippen molar-refractivity contribution in [3.05, 3.63) is 54.2 Å². The number of likely N-dealkylation sites (tertiary alicyclic amines) is 2. The molecule has 260 valence electrons. The molecular weight excluding hydrogens is 631 g/mol. The largest absolute Gasteiger partial charge is 0.472 e. The fourth-order valence-electron chi connectivity index (χ4n) is 7.95. The first kappa shape index (κ1) is 34.1. The number of hydrogen-bond donors (Lipinski definition) is 2. The molecule has 0 radical (unpaired) electrons. The Hall–Kier alpha value is -4.73. The number of pyridine rings is 1. The van der Waals surface area contributed by atoms with Crippen molar-refractivity contribution in [1.29, 1.82) is 5.26 Å². The number of rotatable bonds is 5. The van der Waals surface area contributed by atoms with Gasteiger partial charge in [-0.2, -0.15) is 5.26 Å². The van der Waals surface area contributed by atoms with Gasteiger partial charge in [0.1, 0.15) is 30.4 Å². The zero-order chi connectivity index (χ0) is 35.2. The number of anilines is 1. The Labute approximate surface area is 285 Å². The molecule has 3 aliphatic heterocycles. The number of amides is 4. The van der Waals surface area contributed by atoms with E-state index in [2.05, 4.69) is 21.7 Å². The van der Waals surface area contributed by atoms with Crippen LogP contribution in [0.4, 0.5) is 15.0 Å². The van der Waals surface area contributed by atoms with Gasteiger partial charge in [-0.3, -0.25) is 14.4 Å². The van der Waals surface area contributed by atoms with Crippen LogP contribution in [0.3, 0.4) is 0 Å². The number of carbonyl (C=O) groups is 4. The Morgan fingerprint density at radius 1 is 1.16 bits per heavy atom. The number of hydrogen-bond acceptors (Lipinski definition) is 8. The predicted molar refractivity (Wildman–Crippen MR) is 175 cm³/mol. The van der Waals surface area contributed by atoms with Crippen molar-refractivity contribution in [3.63, 3.8) is 0 Å². The van der Waals surface area contributed by atoms with Gasteiger partial charge in [0.15, 0.2) is 11.6 Å². The average Bonchev–Trinajstić information content (AvgIpc) is 3.65.